The molecule has 0 amide bonds. The first-order valence-corrected chi connectivity index (χ1v) is 9.43. The van der Waals surface area contributed by atoms with Gasteiger partial charge in [-0.25, -0.2) is 4.98 Å². The Bertz CT molecular complexity index is 622. The average molecular weight is 327 g/mol. The topological polar surface area (TPSA) is 39.6 Å². The van der Waals surface area contributed by atoms with Crippen LogP contribution in [0.15, 0.2) is 18.3 Å². The smallest absolute Gasteiger partial charge is 0.130 e. The Hall–Kier alpha value is -1.55. The van der Waals surface area contributed by atoms with Gasteiger partial charge in [0.25, 0.3) is 0 Å². The molecule has 1 saturated heterocycles. The van der Waals surface area contributed by atoms with E-state index < -0.39 is 5.60 Å². The van der Waals surface area contributed by atoms with Crippen LogP contribution in [0.3, 0.4) is 0 Å². The summed E-state index contributed by atoms with van der Waals surface area (Å²) in [6.07, 6.45) is 12.4. The molecule has 0 atom stereocenters. The molecule has 2 aliphatic heterocycles. The molecule has 4 nitrogen and oxygen atoms in total. The lowest BCUT2D eigenvalue weighted by Crippen LogP contribution is -2.43. The number of hydrogen-bond acceptors (Lipinski definition) is 4. The molecule has 4 rings (SSSR count). The Balaban J connectivity index is 1.52. The summed E-state index contributed by atoms with van der Waals surface area (Å²) in [6, 6.07) is 2.87. The number of hydrogen-bond donors (Lipinski definition) is 1. The van der Waals surface area contributed by atoms with Crippen LogP contribution in [0.25, 0.3) is 6.08 Å². The van der Waals surface area contributed by atoms with Gasteiger partial charge in [-0.05, 0) is 51.9 Å². The normalized spacial score (nSPS) is 27.0. The van der Waals surface area contributed by atoms with Crippen molar-refractivity contribution in [3.63, 3.8) is 0 Å². The van der Waals surface area contributed by atoms with Gasteiger partial charge < -0.3 is 14.9 Å². The predicted octanol–water partition coefficient (Wildman–Crippen LogP) is 3.45. The molecule has 3 heterocycles. The summed E-state index contributed by atoms with van der Waals surface area (Å²) in [6.45, 7) is 7.19. The lowest BCUT2D eigenvalue weighted by molar-refractivity contribution is -0.00149. The summed E-state index contributed by atoms with van der Waals surface area (Å²) in [7, 11) is 0. The maximum Gasteiger partial charge on any atom is 0.130 e. The molecular weight excluding hydrogens is 298 g/mol. The van der Waals surface area contributed by atoms with Crippen molar-refractivity contribution in [2.75, 3.05) is 29.4 Å². The number of rotatable bonds is 3. The van der Waals surface area contributed by atoms with Gasteiger partial charge in [-0.1, -0.05) is 12.2 Å². The molecule has 130 valence electrons. The Morgan fingerprint density at radius 3 is 2.54 bits per heavy atom. The van der Waals surface area contributed by atoms with Gasteiger partial charge in [0.1, 0.15) is 5.82 Å². The van der Waals surface area contributed by atoms with Crippen molar-refractivity contribution >= 4 is 17.6 Å². The maximum atomic E-state index is 10.3. The zero-order valence-corrected chi connectivity index (χ0v) is 14.9. The van der Waals surface area contributed by atoms with Crippen molar-refractivity contribution in [3.8, 4) is 0 Å². The molecule has 1 saturated carbocycles. The lowest BCUT2D eigenvalue weighted by Gasteiger charge is -2.42. The van der Waals surface area contributed by atoms with Gasteiger partial charge in [0.15, 0.2) is 0 Å². The Kier molecular flexibility index (Phi) is 4.03. The van der Waals surface area contributed by atoms with E-state index in [-0.39, 0.29) is 0 Å². The molecule has 1 aliphatic carbocycles. The van der Waals surface area contributed by atoms with Crippen LogP contribution in [0.2, 0.25) is 0 Å². The first-order chi connectivity index (χ1) is 11.5. The molecule has 0 aromatic carbocycles. The Labute approximate surface area is 145 Å². The van der Waals surface area contributed by atoms with E-state index in [9.17, 15) is 5.11 Å². The van der Waals surface area contributed by atoms with Crippen molar-refractivity contribution in [2.24, 2.45) is 5.92 Å². The monoisotopic (exact) mass is 327 g/mol. The van der Waals surface area contributed by atoms with E-state index in [1.807, 2.05) is 20.0 Å². The van der Waals surface area contributed by atoms with Crippen molar-refractivity contribution in [2.45, 2.75) is 57.6 Å². The molecule has 0 bridgehead atoms. The summed E-state index contributed by atoms with van der Waals surface area (Å²) in [4.78, 5) is 9.59. The molecule has 0 spiro atoms. The van der Waals surface area contributed by atoms with Crippen molar-refractivity contribution in [3.05, 3.63) is 23.9 Å². The molecule has 0 radical (unpaired) electrons. The molecule has 1 aromatic heterocycles. The van der Waals surface area contributed by atoms with Gasteiger partial charge in [0, 0.05) is 49.2 Å². The number of fused-ring (bicyclic) bond motifs is 1. The number of aromatic nitrogens is 1. The van der Waals surface area contributed by atoms with Gasteiger partial charge >= 0.3 is 0 Å². The van der Waals surface area contributed by atoms with Gasteiger partial charge in [0.05, 0.1) is 5.60 Å². The first kappa shape index (κ1) is 15.9. The quantitative estimate of drug-likeness (QED) is 0.923. The predicted molar refractivity (Wildman–Crippen MR) is 99.5 cm³/mol. The van der Waals surface area contributed by atoms with Crippen molar-refractivity contribution in [1.29, 1.82) is 0 Å². The number of pyridine rings is 1. The molecule has 4 heteroatoms. The summed E-state index contributed by atoms with van der Waals surface area (Å²) in [5, 5.41) is 10.3. The van der Waals surface area contributed by atoms with E-state index in [1.54, 1.807) is 0 Å². The van der Waals surface area contributed by atoms with Crippen molar-refractivity contribution in [1.82, 2.24) is 4.98 Å². The third-order valence-electron chi connectivity index (χ3n) is 6.12. The number of anilines is 2. The highest BCUT2D eigenvalue weighted by Gasteiger charge is 2.34. The minimum atomic E-state index is -0.542. The van der Waals surface area contributed by atoms with Crippen molar-refractivity contribution < 1.29 is 5.11 Å². The van der Waals surface area contributed by atoms with Crippen LogP contribution < -0.4 is 9.80 Å². The van der Waals surface area contributed by atoms with E-state index in [0.29, 0.717) is 12.0 Å². The average Bonchev–Trinajstić information content (AvgIpc) is 2.52. The molecule has 24 heavy (non-hydrogen) atoms. The van der Waals surface area contributed by atoms with Gasteiger partial charge in [0.2, 0.25) is 0 Å². The highest BCUT2D eigenvalue weighted by Crippen LogP contribution is 2.38. The van der Waals surface area contributed by atoms with E-state index >= 15 is 0 Å². The lowest BCUT2D eigenvalue weighted by atomic mass is 9.76. The zero-order chi connectivity index (χ0) is 16.7. The second kappa shape index (κ2) is 6.07. The van der Waals surface area contributed by atoms with Crippen LogP contribution in [-0.2, 0) is 0 Å². The molecule has 2 fully saturated rings. The third-order valence-corrected chi connectivity index (χ3v) is 6.12. The summed E-state index contributed by atoms with van der Waals surface area (Å²) >= 11 is 0. The highest BCUT2D eigenvalue weighted by atomic mass is 16.3. The van der Waals surface area contributed by atoms with Crippen LogP contribution in [-0.4, -0.2) is 41.4 Å². The molecular formula is C20H29N3O. The van der Waals surface area contributed by atoms with E-state index in [1.165, 1.54) is 30.5 Å². The zero-order valence-electron chi connectivity index (χ0n) is 14.9. The fourth-order valence-corrected chi connectivity index (χ4v) is 4.37. The maximum absolute atomic E-state index is 10.3. The number of aliphatic hydroxyl groups is 1. The van der Waals surface area contributed by atoms with Crippen LogP contribution in [0.4, 0.5) is 11.5 Å². The standard InChI is InChI=1S/C20H29N3O/c1-20(2,24)16-6-8-17(9-7-16)23-12-3-5-15-14-21-19(13-18(15)23)22-10-4-11-22/h3,5,13-14,16-17,24H,4,6-12H2,1-2H3. The molecule has 3 aliphatic rings. The minimum Gasteiger partial charge on any atom is -0.390 e. The van der Waals surface area contributed by atoms with Gasteiger partial charge in [-0.15, -0.1) is 0 Å². The molecule has 0 unspecified atom stereocenters. The van der Waals surface area contributed by atoms with Gasteiger partial charge in [-0.2, -0.15) is 0 Å². The largest absolute Gasteiger partial charge is 0.390 e. The SMILES string of the molecule is CC(C)(O)C1CCC(N2CC=Cc3cnc(N4CCC4)cc32)CC1. The fourth-order valence-electron chi connectivity index (χ4n) is 4.37. The van der Waals surface area contributed by atoms with Crippen LogP contribution >= 0.6 is 0 Å². The fraction of sp³-hybridized carbons (Fsp3) is 0.650. The minimum absolute atomic E-state index is 0.433. The third kappa shape index (κ3) is 2.92. The van der Waals surface area contributed by atoms with E-state index in [2.05, 4.69) is 33.0 Å². The summed E-state index contributed by atoms with van der Waals surface area (Å²) < 4.78 is 0. The van der Waals surface area contributed by atoms with E-state index in [0.717, 1.165) is 38.3 Å². The first-order valence-electron chi connectivity index (χ1n) is 9.43. The summed E-state index contributed by atoms with van der Waals surface area (Å²) in [5.74, 6) is 1.56. The Morgan fingerprint density at radius 2 is 1.92 bits per heavy atom. The van der Waals surface area contributed by atoms with E-state index in [4.69, 9.17) is 0 Å². The Morgan fingerprint density at radius 1 is 1.17 bits per heavy atom. The van der Waals surface area contributed by atoms with Crippen LogP contribution in [0.5, 0.6) is 0 Å². The second-order valence-corrected chi connectivity index (χ2v) is 8.16. The highest BCUT2D eigenvalue weighted by molar-refractivity contribution is 5.74. The molecule has 1 N–H and O–H groups in total. The number of nitrogens with zero attached hydrogens (tertiary/aromatic N) is 3. The molecule has 1 aromatic rings. The summed E-state index contributed by atoms with van der Waals surface area (Å²) in [5.41, 5.74) is 2.05. The van der Waals surface area contributed by atoms with Crippen LogP contribution in [0.1, 0.15) is 51.5 Å². The van der Waals surface area contributed by atoms with Crippen LogP contribution in [0, 0.1) is 5.92 Å². The van der Waals surface area contributed by atoms with Gasteiger partial charge in [-0.3, -0.25) is 0 Å². The second-order valence-electron chi connectivity index (χ2n) is 8.16.